The van der Waals surface area contributed by atoms with Crippen LogP contribution in [-0.2, 0) is 0 Å². The Morgan fingerprint density at radius 2 is 0.661 bits per heavy atom. The molecule has 2 aliphatic heterocycles. The van der Waals surface area contributed by atoms with Crippen LogP contribution in [0.2, 0.25) is 20.1 Å². The van der Waals surface area contributed by atoms with Crippen molar-refractivity contribution in [3.8, 4) is 0 Å². The van der Waals surface area contributed by atoms with E-state index < -0.39 is 0 Å². The maximum atomic E-state index is 13.2. The number of thioether (sulfide) groups is 8. The maximum Gasteiger partial charge on any atom is 0.288 e. The third-order valence-corrected chi connectivity index (χ3v) is 27.3. The molecule has 0 saturated heterocycles. The van der Waals surface area contributed by atoms with Gasteiger partial charge in [-0.3, -0.25) is 9.59 Å². The summed E-state index contributed by atoms with van der Waals surface area (Å²) >= 11 is 49.5. The molecule has 6 aromatic rings. The number of benzene rings is 4. The van der Waals surface area contributed by atoms with Crippen LogP contribution in [0, 0.1) is 23.7 Å². The van der Waals surface area contributed by atoms with Crippen molar-refractivity contribution in [2.75, 3.05) is 23.0 Å². The number of rotatable bonds is 16. The molecule has 0 spiro atoms. The second-order valence-corrected chi connectivity index (χ2v) is 31.7. The lowest BCUT2D eigenvalue weighted by atomic mass is 10.1. The monoisotopic (exact) mass is 1130 g/mol. The topological polar surface area (TPSA) is 34.1 Å². The van der Waals surface area contributed by atoms with Gasteiger partial charge in [0.25, 0.3) is 8.11 Å². The van der Waals surface area contributed by atoms with Crippen molar-refractivity contribution in [3.63, 3.8) is 0 Å². The summed E-state index contributed by atoms with van der Waals surface area (Å²) in [5, 5.41) is 7.24. The normalized spacial score (nSPS) is 15.5. The molecule has 332 valence electrons. The van der Waals surface area contributed by atoms with Crippen molar-refractivity contribution in [2.45, 2.75) is 120 Å². The molecule has 4 aromatic carbocycles. The van der Waals surface area contributed by atoms with Gasteiger partial charge in [0.05, 0.1) is 47.4 Å². The van der Waals surface area contributed by atoms with E-state index in [9.17, 15) is 9.59 Å². The van der Waals surface area contributed by atoms with Crippen LogP contribution in [0.3, 0.4) is 0 Å². The molecule has 0 fully saturated rings. The summed E-state index contributed by atoms with van der Waals surface area (Å²) < 4.78 is 6.02. The second kappa shape index (κ2) is 21.1. The molecule has 0 amide bonds. The predicted octanol–water partition coefficient (Wildman–Crippen LogP) is 20.7. The smallest absolute Gasteiger partial charge is 0.265 e. The summed E-state index contributed by atoms with van der Waals surface area (Å²) in [6, 6.07) is 0. The summed E-state index contributed by atoms with van der Waals surface area (Å²) in [4.78, 5) is 34.9. The minimum Gasteiger partial charge on any atom is -0.265 e. The van der Waals surface area contributed by atoms with E-state index in [0.29, 0.717) is 33.7 Å². The highest BCUT2D eigenvalue weighted by Crippen LogP contribution is 2.69. The van der Waals surface area contributed by atoms with Gasteiger partial charge in [-0.1, -0.05) is 194 Å². The fourth-order valence-electron chi connectivity index (χ4n) is 6.86. The van der Waals surface area contributed by atoms with E-state index in [1.165, 1.54) is 45.3 Å². The quantitative estimate of drug-likeness (QED) is 0.0875. The van der Waals surface area contributed by atoms with E-state index >= 15 is 0 Å². The lowest BCUT2D eigenvalue weighted by Gasteiger charge is -2.18. The number of halogens is 4. The Hall–Kier alpha value is 1.32. The SMILES string of the molecule is CC(C)CCSc1c(Cl)c2sc(=O)sc2c2c(SCCC(C)C)c(Cl)c3c(c12)S/C(=C1/Sc2c(Cl)c(SCCC(C)C)c4c(c2S1)c(SCCC(C)C)c(Cl)c1sc(=O)sc14)S3. The fourth-order valence-corrected chi connectivity index (χ4v) is 24.9. The number of fused-ring (bicyclic) bond motifs is 10. The van der Waals surface area contributed by atoms with Crippen molar-refractivity contribution < 1.29 is 0 Å². The molecule has 18 heteroatoms. The van der Waals surface area contributed by atoms with Gasteiger partial charge in [0.2, 0.25) is 0 Å². The zero-order chi connectivity index (χ0) is 44.3. The third-order valence-electron chi connectivity index (χ3n) is 10.2. The van der Waals surface area contributed by atoms with E-state index in [1.54, 1.807) is 47.0 Å². The Balaban J connectivity index is 1.34. The van der Waals surface area contributed by atoms with E-state index in [0.717, 1.165) is 147 Å². The zero-order valence-corrected chi connectivity index (χ0v) is 48.0. The maximum absolute atomic E-state index is 13.2. The zero-order valence-electron chi connectivity index (χ0n) is 35.2. The van der Waals surface area contributed by atoms with Crippen molar-refractivity contribution in [2.24, 2.45) is 23.7 Å². The molecule has 62 heavy (non-hydrogen) atoms. The summed E-state index contributed by atoms with van der Waals surface area (Å²) in [6.07, 6.45) is 4.21. The highest BCUT2D eigenvalue weighted by molar-refractivity contribution is 8.30. The Morgan fingerprint density at radius 1 is 0.387 bits per heavy atom. The Morgan fingerprint density at radius 3 is 0.968 bits per heavy atom. The van der Waals surface area contributed by atoms with E-state index in [2.05, 4.69) is 55.4 Å². The summed E-state index contributed by atoms with van der Waals surface area (Å²) in [6.45, 7) is 18.0. The van der Waals surface area contributed by atoms with Gasteiger partial charge in [0.15, 0.2) is 0 Å². The van der Waals surface area contributed by atoms with Crippen LogP contribution in [0.15, 0.2) is 57.2 Å². The molecule has 0 saturated carbocycles. The molecule has 0 unspecified atom stereocenters. The standard InChI is InChI=1S/C44H44Cl4O2S12/c1-17(2)9-13-51-29-21-23(35-39(27(29)47)61-43(49)59-35)31(53-15-11-19(5)6)25(45)37-33(21)55-41(57-37)42-56-34-22-24(32(26(46)38(34)58-42)54-16-12-20(7)8)36-40(62-44(50)60-36)28(48)30(22)52-14-10-18(3)4/h17-20H,9-16H2,1-8H3/b42-41-. The fraction of sp³-hybridized carbons (Fsp3) is 0.455. The van der Waals surface area contributed by atoms with Gasteiger partial charge in [-0.15, -0.1) is 47.0 Å². The molecule has 0 aliphatic carbocycles. The molecule has 0 radical (unpaired) electrons. The first kappa shape index (κ1) is 49.7. The van der Waals surface area contributed by atoms with Crippen LogP contribution >= 0.6 is 186 Å². The predicted molar refractivity (Wildman–Crippen MR) is 298 cm³/mol. The number of hydrogen-bond donors (Lipinski definition) is 0. The van der Waals surface area contributed by atoms with Gasteiger partial charge >= 0.3 is 0 Å². The van der Waals surface area contributed by atoms with Gasteiger partial charge < -0.3 is 0 Å². The van der Waals surface area contributed by atoms with Crippen molar-refractivity contribution in [1.29, 1.82) is 0 Å². The molecule has 2 nitrogen and oxygen atoms in total. The van der Waals surface area contributed by atoms with Gasteiger partial charge in [-0.05, 0) is 72.4 Å². The average Bonchev–Trinajstić information content (AvgIpc) is 4.01. The first-order valence-electron chi connectivity index (χ1n) is 20.4. The molecule has 4 heterocycles. The lowest BCUT2D eigenvalue weighted by Crippen LogP contribution is -1.95. The average molecular weight is 1130 g/mol. The number of hydrogen-bond acceptors (Lipinski definition) is 14. The second-order valence-electron chi connectivity index (χ2n) is 16.7. The van der Waals surface area contributed by atoms with Gasteiger partial charge in [0, 0.05) is 60.7 Å². The molecule has 2 aliphatic rings. The largest absolute Gasteiger partial charge is 0.288 e. The minimum atomic E-state index is 0.0447. The van der Waals surface area contributed by atoms with Crippen molar-refractivity contribution in [1.82, 2.24) is 0 Å². The van der Waals surface area contributed by atoms with Gasteiger partial charge in [0.1, 0.15) is 0 Å². The molecule has 0 bridgehead atoms. The Labute approximate surface area is 434 Å². The molecule has 0 atom stereocenters. The van der Waals surface area contributed by atoms with Crippen molar-refractivity contribution >= 4 is 226 Å². The molecule has 0 N–H and O–H groups in total. The first-order valence-corrected chi connectivity index (χ1v) is 32.4. The van der Waals surface area contributed by atoms with Crippen molar-refractivity contribution in [3.05, 3.63) is 46.3 Å². The van der Waals surface area contributed by atoms with Crippen LogP contribution < -0.4 is 8.11 Å². The summed E-state index contributed by atoms with van der Waals surface area (Å²) in [5.74, 6) is 5.90. The molecule has 2 aromatic heterocycles. The first-order chi connectivity index (χ1) is 29.5. The Kier molecular flexibility index (Phi) is 16.9. The molecule has 8 rings (SSSR count). The molecular weight excluding hydrogens is 1090 g/mol. The van der Waals surface area contributed by atoms with Crippen LogP contribution in [0.1, 0.15) is 81.1 Å². The molecular formula is C44H44Cl4O2S12. The highest BCUT2D eigenvalue weighted by atomic mass is 35.5. The van der Waals surface area contributed by atoms with Gasteiger partial charge in [-0.2, -0.15) is 0 Å². The summed E-state index contributed by atoms with van der Waals surface area (Å²) in [7, 11) is 0. The van der Waals surface area contributed by atoms with E-state index in [-0.39, 0.29) is 8.11 Å². The Bertz CT molecular complexity index is 2670. The van der Waals surface area contributed by atoms with Crippen LogP contribution in [-0.4, -0.2) is 23.0 Å². The summed E-state index contributed by atoms with van der Waals surface area (Å²) in [5.41, 5.74) is 0. The van der Waals surface area contributed by atoms with E-state index in [1.807, 2.05) is 47.0 Å². The van der Waals surface area contributed by atoms with Crippen LogP contribution in [0.5, 0.6) is 0 Å². The third kappa shape index (κ3) is 10.0. The minimum absolute atomic E-state index is 0.0447. The van der Waals surface area contributed by atoms with Crippen LogP contribution in [0.25, 0.3) is 40.3 Å². The van der Waals surface area contributed by atoms with E-state index in [4.69, 9.17) is 46.4 Å². The highest BCUT2D eigenvalue weighted by Gasteiger charge is 2.37. The van der Waals surface area contributed by atoms with Gasteiger partial charge in [-0.25, -0.2) is 0 Å². The van der Waals surface area contributed by atoms with Crippen LogP contribution in [0.4, 0.5) is 0 Å². The lowest BCUT2D eigenvalue weighted by molar-refractivity contribution is 0.632.